The number of anilines is 1. The van der Waals surface area contributed by atoms with E-state index in [9.17, 15) is 9.90 Å². The smallest absolute Gasteiger partial charge is 0.337 e. The van der Waals surface area contributed by atoms with Crippen LogP contribution in [0.3, 0.4) is 0 Å². The zero-order valence-corrected chi connectivity index (χ0v) is 15.0. The maximum Gasteiger partial charge on any atom is 0.337 e. The van der Waals surface area contributed by atoms with Crippen molar-refractivity contribution in [2.45, 2.75) is 6.54 Å². The SMILES string of the molecule is O=C(O)c1ccncc1NCc1cn(-c2ccccc2)nc1-c1ccccc1. The summed E-state index contributed by atoms with van der Waals surface area (Å²) < 4.78 is 1.83. The number of rotatable bonds is 6. The first-order chi connectivity index (χ1) is 13.7. The van der Waals surface area contributed by atoms with E-state index in [0.29, 0.717) is 12.2 Å². The molecule has 28 heavy (non-hydrogen) atoms. The summed E-state index contributed by atoms with van der Waals surface area (Å²) in [5.41, 5.74) is 4.42. The number of carboxylic acid groups (broad SMARTS) is 1. The van der Waals surface area contributed by atoms with E-state index in [-0.39, 0.29) is 5.56 Å². The predicted octanol–water partition coefficient (Wildman–Crippen LogP) is 4.24. The maximum atomic E-state index is 11.4. The summed E-state index contributed by atoms with van der Waals surface area (Å²) in [5, 5.41) is 17.3. The van der Waals surface area contributed by atoms with Gasteiger partial charge >= 0.3 is 5.97 Å². The molecule has 0 aliphatic heterocycles. The Labute approximate surface area is 162 Å². The normalized spacial score (nSPS) is 10.6. The van der Waals surface area contributed by atoms with E-state index in [0.717, 1.165) is 22.5 Å². The van der Waals surface area contributed by atoms with Crippen molar-refractivity contribution in [2.75, 3.05) is 5.32 Å². The lowest BCUT2D eigenvalue weighted by atomic mass is 10.1. The Morgan fingerprint density at radius 1 is 1.00 bits per heavy atom. The first kappa shape index (κ1) is 17.5. The van der Waals surface area contributed by atoms with Gasteiger partial charge in [0.2, 0.25) is 0 Å². The zero-order chi connectivity index (χ0) is 19.3. The summed E-state index contributed by atoms with van der Waals surface area (Å²) in [6.45, 7) is 0.420. The number of para-hydroxylation sites is 1. The Kier molecular flexibility index (Phi) is 4.84. The van der Waals surface area contributed by atoms with E-state index in [1.807, 2.05) is 71.5 Å². The molecule has 2 N–H and O–H groups in total. The van der Waals surface area contributed by atoms with Gasteiger partial charge in [0.05, 0.1) is 28.8 Å². The van der Waals surface area contributed by atoms with Crippen LogP contribution in [0.2, 0.25) is 0 Å². The van der Waals surface area contributed by atoms with Crippen LogP contribution in [-0.4, -0.2) is 25.8 Å². The molecule has 2 aromatic carbocycles. The van der Waals surface area contributed by atoms with Crippen LogP contribution in [-0.2, 0) is 6.54 Å². The summed E-state index contributed by atoms with van der Waals surface area (Å²) >= 11 is 0. The van der Waals surface area contributed by atoms with Crippen molar-refractivity contribution in [1.82, 2.24) is 14.8 Å². The maximum absolute atomic E-state index is 11.4. The molecule has 0 saturated carbocycles. The molecule has 0 fully saturated rings. The molecule has 0 atom stereocenters. The quantitative estimate of drug-likeness (QED) is 0.530. The minimum Gasteiger partial charge on any atom is -0.478 e. The number of aromatic carboxylic acids is 1. The van der Waals surface area contributed by atoms with Gasteiger partial charge in [0, 0.05) is 30.1 Å². The van der Waals surface area contributed by atoms with Crippen molar-refractivity contribution in [3.63, 3.8) is 0 Å². The Morgan fingerprint density at radius 2 is 1.71 bits per heavy atom. The van der Waals surface area contributed by atoms with Crippen LogP contribution in [0.15, 0.2) is 85.3 Å². The van der Waals surface area contributed by atoms with Crippen LogP contribution in [0.4, 0.5) is 5.69 Å². The van der Waals surface area contributed by atoms with E-state index < -0.39 is 5.97 Å². The fourth-order valence-electron chi connectivity index (χ4n) is 3.00. The van der Waals surface area contributed by atoms with Crippen LogP contribution >= 0.6 is 0 Å². The van der Waals surface area contributed by atoms with Crippen molar-refractivity contribution < 1.29 is 9.90 Å². The number of nitrogens with one attached hydrogen (secondary N) is 1. The molecule has 0 saturated heterocycles. The molecule has 138 valence electrons. The lowest BCUT2D eigenvalue weighted by Gasteiger charge is -2.09. The largest absolute Gasteiger partial charge is 0.478 e. The van der Waals surface area contributed by atoms with Crippen molar-refractivity contribution in [2.24, 2.45) is 0 Å². The first-order valence-electron chi connectivity index (χ1n) is 8.83. The van der Waals surface area contributed by atoms with E-state index in [4.69, 9.17) is 5.10 Å². The number of pyridine rings is 1. The molecule has 2 aromatic heterocycles. The van der Waals surface area contributed by atoms with Crippen LogP contribution in [0.1, 0.15) is 15.9 Å². The molecule has 4 rings (SSSR count). The Bertz CT molecular complexity index is 1090. The van der Waals surface area contributed by atoms with Gasteiger partial charge in [0.1, 0.15) is 0 Å². The van der Waals surface area contributed by atoms with Gasteiger partial charge in [-0.1, -0.05) is 48.5 Å². The highest BCUT2D eigenvalue weighted by Crippen LogP contribution is 2.25. The number of carboxylic acids is 1. The van der Waals surface area contributed by atoms with Gasteiger partial charge in [-0.15, -0.1) is 0 Å². The van der Waals surface area contributed by atoms with Crippen LogP contribution in [0.5, 0.6) is 0 Å². The van der Waals surface area contributed by atoms with Crippen LogP contribution < -0.4 is 5.32 Å². The van der Waals surface area contributed by atoms with E-state index in [2.05, 4.69) is 10.3 Å². The third kappa shape index (κ3) is 3.61. The van der Waals surface area contributed by atoms with Gasteiger partial charge in [0.15, 0.2) is 0 Å². The molecular weight excluding hydrogens is 352 g/mol. The molecular formula is C22H18N4O2. The number of aromatic nitrogens is 3. The number of carbonyl (C=O) groups is 1. The Balaban J connectivity index is 1.70. The third-order valence-corrected chi connectivity index (χ3v) is 4.38. The Morgan fingerprint density at radius 3 is 2.43 bits per heavy atom. The molecule has 0 aliphatic rings. The highest BCUT2D eigenvalue weighted by molar-refractivity contribution is 5.93. The zero-order valence-electron chi connectivity index (χ0n) is 15.0. The molecule has 2 heterocycles. The standard InChI is InChI=1S/C22H18N4O2/c27-22(28)19-11-12-23-14-20(19)24-13-17-15-26(18-9-5-2-6-10-18)25-21(17)16-7-3-1-4-8-16/h1-12,14-15,24H,13H2,(H,27,28). The van der Waals surface area contributed by atoms with Gasteiger partial charge in [-0.05, 0) is 18.2 Å². The number of nitrogens with zero attached hydrogens (tertiary/aromatic N) is 3. The van der Waals surface area contributed by atoms with Crippen LogP contribution in [0, 0.1) is 0 Å². The van der Waals surface area contributed by atoms with Gasteiger partial charge in [-0.2, -0.15) is 5.10 Å². The average Bonchev–Trinajstić information content (AvgIpc) is 3.18. The minimum absolute atomic E-state index is 0.187. The van der Waals surface area contributed by atoms with Crippen molar-refractivity contribution in [1.29, 1.82) is 0 Å². The highest BCUT2D eigenvalue weighted by atomic mass is 16.4. The second-order valence-corrected chi connectivity index (χ2v) is 6.23. The Hall–Kier alpha value is -3.93. The molecule has 0 spiro atoms. The fraction of sp³-hybridized carbons (Fsp3) is 0.0455. The molecule has 6 nitrogen and oxygen atoms in total. The number of benzene rings is 2. The molecule has 0 aliphatic carbocycles. The lowest BCUT2D eigenvalue weighted by molar-refractivity contribution is 0.0698. The second kappa shape index (κ2) is 7.75. The van der Waals surface area contributed by atoms with Crippen LogP contribution in [0.25, 0.3) is 16.9 Å². The summed E-state index contributed by atoms with van der Waals surface area (Å²) in [4.78, 5) is 15.5. The van der Waals surface area contributed by atoms with E-state index in [1.54, 1.807) is 0 Å². The summed E-state index contributed by atoms with van der Waals surface area (Å²) in [6, 6.07) is 21.3. The number of hydrogen-bond donors (Lipinski definition) is 2. The highest BCUT2D eigenvalue weighted by Gasteiger charge is 2.14. The molecule has 0 amide bonds. The monoisotopic (exact) mass is 370 g/mol. The number of hydrogen-bond acceptors (Lipinski definition) is 4. The van der Waals surface area contributed by atoms with Crippen molar-refractivity contribution >= 4 is 11.7 Å². The molecule has 0 radical (unpaired) electrons. The van der Waals surface area contributed by atoms with Crippen molar-refractivity contribution in [3.8, 4) is 16.9 Å². The summed E-state index contributed by atoms with van der Waals surface area (Å²) in [5.74, 6) is -0.992. The molecule has 6 heteroatoms. The minimum atomic E-state index is -0.992. The van der Waals surface area contributed by atoms with Gasteiger partial charge in [-0.25, -0.2) is 9.48 Å². The van der Waals surface area contributed by atoms with Gasteiger partial charge in [-0.3, -0.25) is 4.98 Å². The third-order valence-electron chi connectivity index (χ3n) is 4.38. The predicted molar refractivity (Wildman–Crippen MR) is 108 cm³/mol. The second-order valence-electron chi connectivity index (χ2n) is 6.23. The average molecular weight is 370 g/mol. The van der Waals surface area contributed by atoms with Crippen molar-refractivity contribution in [3.05, 3.63) is 96.4 Å². The summed E-state index contributed by atoms with van der Waals surface area (Å²) in [7, 11) is 0. The van der Waals surface area contributed by atoms with Gasteiger partial charge < -0.3 is 10.4 Å². The molecule has 0 unspecified atom stereocenters. The fourth-order valence-corrected chi connectivity index (χ4v) is 3.00. The molecule has 4 aromatic rings. The van der Waals surface area contributed by atoms with Gasteiger partial charge in [0.25, 0.3) is 0 Å². The first-order valence-corrected chi connectivity index (χ1v) is 8.83. The van der Waals surface area contributed by atoms with E-state index in [1.165, 1.54) is 18.5 Å². The lowest BCUT2D eigenvalue weighted by Crippen LogP contribution is -2.07. The summed E-state index contributed by atoms with van der Waals surface area (Å²) in [6.07, 6.45) is 4.95. The topological polar surface area (TPSA) is 80.0 Å². The van der Waals surface area contributed by atoms with E-state index >= 15 is 0 Å². The molecule has 0 bridgehead atoms.